The number of rotatable bonds is 6. The van der Waals surface area contributed by atoms with Crippen molar-refractivity contribution in [2.45, 2.75) is 57.9 Å². The molecule has 1 saturated heterocycles. The second-order valence-electron chi connectivity index (χ2n) is 8.34. The molecule has 1 N–H and O–H groups in total. The summed E-state index contributed by atoms with van der Waals surface area (Å²) in [4.78, 5) is 13.3. The standard InChI is InChI=1S/C24H32N2O3S/c1-5-23(22-13-10-18(3)15-19(22)4)25-24(27)20-7-6-14-26(16-20)30(28,29)21-11-8-17(2)9-12-21/h8-13,15,20,23H,5-7,14,16H2,1-4H3,(H,25,27). The molecule has 0 saturated carbocycles. The Labute approximate surface area is 180 Å². The first-order chi connectivity index (χ1) is 14.2. The molecule has 1 aliphatic rings. The number of nitrogens with one attached hydrogen (secondary N) is 1. The van der Waals surface area contributed by atoms with Crippen molar-refractivity contribution >= 4 is 15.9 Å². The van der Waals surface area contributed by atoms with E-state index in [1.807, 2.05) is 6.92 Å². The summed E-state index contributed by atoms with van der Waals surface area (Å²) >= 11 is 0. The lowest BCUT2D eigenvalue weighted by Crippen LogP contribution is -2.46. The second-order valence-corrected chi connectivity index (χ2v) is 10.3. The zero-order valence-electron chi connectivity index (χ0n) is 18.3. The van der Waals surface area contributed by atoms with Gasteiger partial charge in [-0.1, -0.05) is 48.4 Å². The number of hydrogen-bond donors (Lipinski definition) is 1. The molecule has 5 nitrogen and oxygen atoms in total. The van der Waals surface area contributed by atoms with Crippen LogP contribution in [0, 0.1) is 26.7 Å². The molecule has 2 atom stereocenters. The van der Waals surface area contributed by atoms with Crippen LogP contribution in [0.4, 0.5) is 0 Å². The molecule has 2 unspecified atom stereocenters. The van der Waals surface area contributed by atoms with E-state index in [2.05, 4.69) is 44.3 Å². The van der Waals surface area contributed by atoms with Crippen LogP contribution in [0.25, 0.3) is 0 Å². The molecule has 1 heterocycles. The summed E-state index contributed by atoms with van der Waals surface area (Å²) in [7, 11) is -3.59. The SMILES string of the molecule is CCC(NC(=O)C1CCCN(S(=O)(=O)c2ccc(C)cc2)C1)c1ccc(C)cc1C. The monoisotopic (exact) mass is 428 g/mol. The number of nitrogens with zero attached hydrogens (tertiary/aromatic N) is 1. The van der Waals surface area contributed by atoms with Gasteiger partial charge in [-0.3, -0.25) is 4.79 Å². The van der Waals surface area contributed by atoms with Crippen LogP contribution >= 0.6 is 0 Å². The number of sulfonamides is 1. The Balaban J connectivity index is 1.72. The van der Waals surface area contributed by atoms with Crippen LogP contribution in [0.1, 0.15) is 54.5 Å². The smallest absolute Gasteiger partial charge is 0.243 e. The molecule has 1 amide bonds. The van der Waals surface area contributed by atoms with Gasteiger partial charge in [0.1, 0.15) is 0 Å². The summed E-state index contributed by atoms with van der Waals surface area (Å²) < 4.78 is 27.5. The summed E-state index contributed by atoms with van der Waals surface area (Å²) in [5, 5.41) is 3.17. The van der Waals surface area contributed by atoms with E-state index in [-0.39, 0.29) is 29.3 Å². The van der Waals surface area contributed by atoms with Gasteiger partial charge in [-0.05, 0) is 63.3 Å². The molecule has 0 aliphatic carbocycles. The molecule has 0 aromatic heterocycles. The van der Waals surface area contributed by atoms with Crippen molar-refractivity contribution in [3.05, 3.63) is 64.7 Å². The highest BCUT2D eigenvalue weighted by Crippen LogP contribution is 2.26. The minimum Gasteiger partial charge on any atom is -0.349 e. The molecule has 0 spiro atoms. The summed E-state index contributed by atoms with van der Waals surface area (Å²) in [5.41, 5.74) is 4.49. The molecule has 2 aromatic carbocycles. The van der Waals surface area contributed by atoms with Gasteiger partial charge in [0.05, 0.1) is 16.9 Å². The largest absolute Gasteiger partial charge is 0.349 e. The summed E-state index contributed by atoms with van der Waals surface area (Å²) in [6, 6.07) is 13.1. The molecule has 3 rings (SSSR count). The van der Waals surface area contributed by atoms with Crippen LogP contribution in [0.2, 0.25) is 0 Å². The third kappa shape index (κ3) is 4.93. The van der Waals surface area contributed by atoms with Crippen molar-refractivity contribution < 1.29 is 13.2 Å². The maximum absolute atomic E-state index is 13.0. The fraction of sp³-hybridized carbons (Fsp3) is 0.458. The lowest BCUT2D eigenvalue weighted by molar-refractivity contribution is -0.126. The van der Waals surface area contributed by atoms with Crippen LogP contribution in [0.3, 0.4) is 0 Å². The van der Waals surface area contributed by atoms with Crippen LogP contribution in [0.15, 0.2) is 47.4 Å². The number of hydrogen-bond acceptors (Lipinski definition) is 3. The highest BCUT2D eigenvalue weighted by Gasteiger charge is 2.34. The first-order valence-electron chi connectivity index (χ1n) is 10.7. The quantitative estimate of drug-likeness (QED) is 0.747. The van der Waals surface area contributed by atoms with Crippen molar-refractivity contribution in [2.75, 3.05) is 13.1 Å². The fourth-order valence-corrected chi connectivity index (χ4v) is 5.66. The zero-order chi connectivity index (χ0) is 21.9. The van der Waals surface area contributed by atoms with Gasteiger partial charge in [-0.2, -0.15) is 4.31 Å². The normalized spacial score (nSPS) is 18.7. The van der Waals surface area contributed by atoms with Crippen LogP contribution < -0.4 is 5.32 Å². The van der Waals surface area contributed by atoms with E-state index in [0.717, 1.165) is 23.1 Å². The Morgan fingerprint density at radius 1 is 1.10 bits per heavy atom. The predicted molar refractivity (Wildman–Crippen MR) is 120 cm³/mol. The number of benzene rings is 2. The van der Waals surface area contributed by atoms with E-state index in [0.29, 0.717) is 19.4 Å². The minimum atomic E-state index is -3.59. The van der Waals surface area contributed by atoms with E-state index in [9.17, 15) is 13.2 Å². The highest BCUT2D eigenvalue weighted by atomic mass is 32.2. The number of piperidine rings is 1. The van der Waals surface area contributed by atoms with Crippen molar-refractivity contribution in [1.29, 1.82) is 0 Å². The van der Waals surface area contributed by atoms with Crippen molar-refractivity contribution in [1.82, 2.24) is 9.62 Å². The number of aryl methyl sites for hydroxylation is 3. The molecule has 2 aromatic rings. The van der Waals surface area contributed by atoms with Gasteiger partial charge < -0.3 is 5.32 Å². The molecule has 0 radical (unpaired) electrons. The third-order valence-corrected chi connectivity index (χ3v) is 7.82. The Bertz CT molecular complexity index is 1000. The lowest BCUT2D eigenvalue weighted by atomic mass is 9.95. The molecular weight excluding hydrogens is 396 g/mol. The second kappa shape index (κ2) is 9.31. The molecule has 6 heteroatoms. The van der Waals surface area contributed by atoms with Gasteiger partial charge in [0, 0.05) is 13.1 Å². The Kier molecular flexibility index (Phi) is 6.98. The van der Waals surface area contributed by atoms with Gasteiger partial charge >= 0.3 is 0 Å². The predicted octanol–water partition coefficient (Wildman–Crippen LogP) is 4.28. The maximum atomic E-state index is 13.0. The van der Waals surface area contributed by atoms with Gasteiger partial charge in [0.2, 0.25) is 15.9 Å². The van der Waals surface area contributed by atoms with Gasteiger partial charge in [-0.15, -0.1) is 0 Å². The summed E-state index contributed by atoms with van der Waals surface area (Å²) in [5.74, 6) is -0.399. The van der Waals surface area contributed by atoms with Crippen molar-refractivity contribution in [3.63, 3.8) is 0 Å². The van der Waals surface area contributed by atoms with E-state index in [1.165, 1.54) is 9.87 Å². The van der Waals surface area contributed by atoms with Crippen molar-refractivity contribution in [2.24, 2.45) is 5.92 Å². The topological polar surface area (TPSA) is 66.5 Å². The highest BCUT2D eigenvalue weighted by molar-refractivity contribution is 7.89. The van der Waals surface area contributed by atoms with E-state index in [1.54, 1.807) is 24.3 Å². The number of amides is 1. The molecule has 0 bridgehead atoms. The van der Waals surface area contributed by atoms with Crippen LogP contribution in [-0.2, 0) is 14.8 Å². The Morgan fingerprint density at radius 2 is 1.77 bits per heavy atom. The van der Waals surface area contributed by atoms with E-state index >= 15 is 0 Å². The number of carbonyl (C=O) groups is 1. The zero-order valence-corrected chi connectivity index (χ0v) is 19.1. The molecule has 30 heavy (non-hydrogen) atoms. The minimum absolute atomic E-state index is 0.0642. The summed E-state index contributed by atoms with van der Waals surface area (Å²) in [6.45, 7) is 8.78. The molecule has 162 valence electrons. The molecule has 1 aliphatic heterocycles. The average molecular weight is 429 g/mol. The summed E-state index contributed by atoms with van der Waals surface area (Å²) in [6.07, 6.45) is 2.17. The van der Waals surface area contributed by atoms with E-state index in [4.69, 9.17) is 0 Å². The molecular formula is C24H32N2O3S. The maximum Gasteiger partial charge on any atom is 0.243 e. The third-order valence-electron chi connectivity index (χ3n) is 5.94. The van der Waals surface area contributed by atoms with Gasteiger partial charge in [0.25, 0.3) is 0 Å². The first-order valence-corrected chi connectivity index (χ1v) is 12.1. The Morgan fingerprint density at radius 3 is 2.40 bits per heavy atom. The van der Waals surface area contributed by atoms with Gasteiger partial charge in [0.15, 0.2) is 0 Å². The Hall–Kier alpha value is -2.18. The lowest BCUT2D eigenvalue weighted by Gasteiger charge is -2.32. The number of carbonyl (C=O) groups excluding carboxylic acids is 1. The van der Waals surface area contributed by atoms with Crippen LogP contribution in [0.5, 0.6) is 0 Å². The van der Waals surface area contributed by atoms with Crippen LogP contribution in [-0.4, -0.2) is 31.7 Å². The average Bonchev–Trinajstić information content (AvgIpc) is 2.72. The fourth-order valence-electron chi connectivity index (χ4n) is 4.14. The van der Waals surface area contributed by atoms with Crippen molar-refractivity contribution in [3.8, 4) is 0 Å². The molecule has 1 fully saturated rings. The first kappa shape index (κ1) is 22.5. The van der Waals surface area contributed by atoms with E-state index < -0.39 is 10.0 Å². The van der Waals surface area contributed by atoms with Gasteiger partial charge in [-0.25, -0.2) is 8.42 Å².